The van der Waals surface area contributed by atoms with Crippen LogP contribution in [0.4, 0.5) is 5.69 Å². The highest BCUT2D eigenvalue weighted by Crippen LogP contribution is 2.40. The molecule has 2 aromatic carbocycles. The summed E-state index contributed by atoms with van der Waals surface area (Å²) in [5.41, 5.74) is 2.58. The Balaban J connectivity index is 1.40. The molecule has 11 nitrogen and oxygen atoms in total. The van der Waals surface area contributed by atoms with E-state index in [0.717, 1.165) is 5.56 Å². The zero-order chi connectivity index (χ0) is 30.9. The third-order valence-corrected chi connectivity index (χ3v) is 7.43. The summed E-state index contributed by atoms with van der Waals surface area (Å²) >= 11 is 0. The number of benzene rings is 2. The summed E-state index contributed by atoms with van der Waals surface area (Å²) in [6, 6.07) is 15.5. The van der Waals surface area contributed by atoms with Crippen molar-refractivity contribution >= 4 is 29.6 Å². The molecule has 2 aliphatic heterocycles. The molecule has 0 spiro atoms. The van der Waals surface area contributed by atoms with Gasteiger partial charge < -0.3 is 19.7 Å². The van der Waals surface area contributed by atoms with E-state index in [1.54, 1.807) is 43.9 Å². The summed E-state index contributed by atoms with van der Waals surface area (Å²) in [6.45, 7) is 8.16. The van der Waals surface area contributed by atoms with Crippen molar-refractivity contribution in [1.29, 1.82) is 0 Å². The van der Waals surface area contributed by atoms with Crippen LogP contribution in [0.2, 0.25) is 0 Å². The van der Waals surface area contributed by atoms with E-state index in [-0.39, 0.29) is 36.0 Å². The molecular formula is C32H36N4O7. The maximum absolute atomic E-state index is 13.5. The number of nitro groups is 1. The van der Waals surface area contributed by atoms with Gasteiger partial charge in [-0.25, -0.2) is 9.59 Å². The predicted octanol–water partition coefficient (Wildman–Crippen LogP) is 3.79. The minimum atomic E-state index is -0.911. The second kappa shape index (κ2) is 14.4. The molecule has 0 saturated carbocycles. The number of carbonyl (C=O) groups excluding carboxylic acids is 3. The number of hydrogen-bond acceptors (Lipinski definition) is 9. The van der Waals surface area contributed by atoms with Crippen LogP contribution in [-0.2, 0) is 23.9 Å². The summed E-state index contributed by atoms with van der Waals surface area (Å²) in [4.78, 5) is 54.0. The Kier molecular flexibility index (Phi) is 10.4. The van der Waals surface area contributed by atoms with Gasteiger partial charge in [0, 0.05) is 62.3 Å². The molecule has 2 aliphatic rings. The van der Waals surface area contributed by atoms with E-state index in [9.17, 15) is 24.5 Å². The van der Waals surface area contributed by atoms with E-state index in [4.69, 9.17) is 9.47 Å². The van der Waals surface area contributed by atoms with Gasteiger partial charge in [-0.15, -0.1) is 0 Å². The van der Waals surface area contributed by atoms with Crippen molar-refractivity contribution in [1.82, 2.24) is 15.1 Å². The molecule has 0 radical (unpaired) electrons. The topological polar surface area (TPSA) is 131 Å². The number of carbonyl (C=O) groups is 3. The molecule has 43 heavy (non-hydrogen) atoms. The average Bonchev–Trinajstić information content (AvgIpc) is 3.00. The maximum atomic E-state index is 13.5. The number of esters is 2. The fourth-order valence-corrected chi connectivity index (χ4v) is 5.27. The Hall–Kier alpha value is -4.77. The van der Waals surface area contributed by atoms with Crippen LogP contribution >= 0.6 is 0 Å². The third kappa shape index (κ3) is 7.75. The highest BCUT2D eigenvalue weighted by atomic mass is 16.6. The van der Waals surface area contributed by atoms with Crippen molar-refractivity contribution < 1.29 is 28.8 Å². The average molecular weight is 589 g/mol. The maximum Gasteiger partial charge on any atom is 0.336 e. The lowest BCUT2D eigenvalue weighted by atomic mass is 9.80. The minimum Gasteiger partial charge on any atom is -0.463 e. The van der Waals surface area contributed by atoms with Crippen molar-refractivity contribution in [2.75, 3.05) is 45.9 Å². The number of nitrogens with one attached hydrogen (secondary N) is 1. The zero-order valence-corrected chi connectivity index (χ0v) is 24.6. The van der Waals surface area contributed by atoms with Crippen molar-refractivity contribution in [2.45, 2.75) is 26.7 Å². The summed E-state index contributed by atoms with van der Waals surface area (Å²) in [5.74, 6) is -2.20. The van der Waals surface area contributed by atoms with Gasteiger partial charge in [0.2, 0.25) is 5.91 Å². The third-order valence-electron chi connectivity index (χ3n) is 7.43. The lowest BCUT2D eigenvalue weighted by molar-refractivity contribution is -0.384. The quantitative estimate of drug-likeness (QED) is 0.191. The normalized spacial score (nSPS) is 17.6. The van der Waals surface area contributed by atoms with Gasteiger partial charge in [0.1, 0.15) is 6.61 Å². The first kappa shape index (κ1) is 31.2. The Morgan fingerprint density at radius 2 is 1.60 bits per heavy atom. The molecule has 1 unspecified atom stereocenters. The van der Waals surface area contributed by atoms with Crippen molar-refractivity contribution in [2.24, 2.45) is 0 Å². The predicted molar refractivity (Wildman–Crippen MR) is 160 cm³/mol. The van der Waals surface area contributed by atoms with Crippen molar-refractivity contribution in [3.05, 3.63) is 104 Å². The Morgan fingerprint density at radius 3 is 2.23 bits per heavy atom. The van der Waals surface area contributed by atoms with Crippen LogP contribution < -0.4 is 5.32 Å². The molecule has 0 bridgehead atoms. The van der Waals surface area contributed by atoms with Gasteiger partial charge in [-0.2, -0.15) is 0 Å². The van der Waals surface area contributed by atoms with E-state index in [0.29, 0.717) is 49.7 Å². The van der Waals surface area contributed by atoms with Gasteiger partial charge in [-0.1, -0.05) is 42.5 Å². The van der Waals surface area contributed by atoms with E-state index in [1.165, 1.54) is 18.2 Å². The monoisotopic (exact) mass is 588 g/mol. The zero-order valence-electron chi connectivity index (χ0n) is 24.6. The second-order valence-corrected chi connectivity index (χ2v) is 10.3. The minimum absolute atomic E-state index is 0.0462. The number of non-ortho nitro benzene ring substituents is 1. The number of hydrogen-bond donors (Lipinski definition) is 1. The van der Waals surface area contributed by atoms with E-state index in [1.807, 2.05) is 30.3 Å². The Morgan fingerprint density at radius 1 is 0.953 bits per heavy atom. The molecule has 0 aliphatic carbocycles. The molecule has 1 fully saturated rings. The molecule has 226 valence electrons. The van der Waals surface area contributed by atoms with E-state index >= 15 is 0 Å². The van der Waals surface area contributed by atoms with Crippen LogP contribution in [-0.4, -0.2) is 78.5 Å². The van der Waals surface area contributed by atoms with Gasteiger partial charge in [0.15, 0.2) is 0 Å². The van der Waals surface area contributed by atoms with Crippen molar-refractivity contribution in [3.8, 4) is 0 Å². The molecule has 2 heterocycles. The first-order valence-corrected chi connectivity index (χ1v) is 14.2. The Labute approximate surface area is 250 Å². The van der Waals surface area contributed by atoms with Crippen LogP contribution in [0.25, 0.3) is 6.08 Å². The van der Waals surface area contributed by atoms with Crippen LogP contribution in [0.1, 0.15) is 37.8 Å². The van der Waals surface area contributed by atoms with Gasteiger partial charge in [-0.3, -0.25) is 19.8 Å². The fourth-order valence-electron chi connectivity index (χ4n) is 5.27. The second-order valence-electron chi connectivity index (χ2n) is 10.3. The van der Waals surface area contributed by atoms with Crippen molar-refractivity contribution in [3.63, 3.8) is 0 Å². The number of piperazine rings is 1. The smallest absolute Gasteiger partial charge is 0.336 e. The standard InChI is InChI=1S/C32H36N4O7/c1-4-42-31(38)28-22(2)33-23(3)29(30(28)25-11-8-12-26(21-25)36(40)41)32(39)43-20-19-34-15-17-35(18-16-34)27(37)14-13-24-9-6-5-7-10-24/h5-14,21,30,33H,4,15-20H2,1-3H3. The molecule has 1 amide bonds. The largest absolute Gasteiger partial charge is 0.463 e. The summed E-state index contributed by atoms with van der Waals surface area (Å²) in [7, 11) is 0. The molecule has 1 atom stereocenters. The number of allylic oxidation sites excluding steroid dienone is 2. The van der Waals surface area contributed by atoms with Gasteiger partial charge in [-0.05, 0) is 38.0 Å². The molecule has 4 rings (SSSR count). The number of rotatable bonds is 10. The Bertz CT molecular complexity index is 1460. The fraction of sp³-hybridized carbons (Fsp3) is 0.344. The van der Waals surface area contributed by atoms with Gasteiger partial charge in [0.25, 0.3) is 5.69 Å². The van der Waals surface area contributed by atoms with Gasteiger partial charge in [0.05, 0.1) is 28.6 Å². The summed E-state index contributed by atoms with van der Waals surface area (Å²) < 4.78 is 11.0. The summed E-state index contributed by atoms with van der Waals surface area (Å²) in [6.07, 6.45) is 3.38. The number of nitrogens with zero attached hydrogens (tertiary/aromatic N) is 3. The highest BCUT2D eigenvalue weighted by molar-refractivity contribution is 6.00. The highest BCUT2D eigenvalue weighted by Gasteiger charge is 2.38. The molecule has 0 aromatic heterocycles. The number of ether oxygens (including phenoxy) is 2. The first-order chi connectivity index (χ1) is 20.7. The van der Waals surface area contributed by atoms with E-state index < -0.39 is 22.8 Å². The number of dihydropyridines is 1. The van der Waals surface area contributed by atoms with Crippen LogP contribution in [0.3, 0.4) is 0 Å². The molecule has 11 heteroatoms. The molecule has 2 aromatic rings. The van der Waals surface area contributed by atoms with Crippen LogP contribution in [0, 0.1) is 10.1 Å². The lowest BCUT2D eigenvalue weighted by Crippen LogP contribution is -2.49. The van der Waals surface area contributed by atoms with Crippen LogP contribution in [0.5, 0.6) is 0 Å². The molecular weight excluding hydrogens is 552 g/mol. The number of nitro benzene ring substituents is 1. The number of amides is 1. The molecule has 1 N–H and O–H groups in total. The first-order valence-electron chi connectivity index (χ1n) is 14.2. The van der Waals surface area contributed by atoms with Crippen LogP contribution in [0.15, 0.2) is 83.2 Å². The lowest BCUT2D eigenvalue weighted by Gasteiger charge is -2.34. The van der Waals surface area contributed by atoms with E-state index in [2.05, 4.69) is 10.2 Å². The van der Waals surface area contributed by atoms with Gasteiger partial charge >= 0.3 is 11.9 Å². The summed E-state index contributed by atoms with van der Waals surface area (Å²) in [5, 5.41) is 14.6. The molecule has 1 saturated heterocycles. The SMILES string of the molecule is CCOC(=O)C1=C(C)NC(C)=C(C(=O)OCCN2CCN(C(=O)C=Cc3ccccc3)CC2)C1c1cccc([N+](=O)[O-])c1.